The van der Waals surface area contributed by atoms with Gasteiger partial charge in [-0.25, -0.2) is 4.79 Å². The third-order valence-corrected chi connectivity index (χ3v) is 6.71. The summed E-state index contributed by atoms with van der Waals surface area (Å²) in [5.74, 6) is 0. The average Bonchev–Trinajstić information content (AvgIpc) is 2.87. The first kappa shape index (κ1) is 22.2. The molecule has 2 rings (SSSR count). The lowest BCUT2D eigenvalue weighted by molar-refractivity contribution is -0.0601. The molecule has 0 saturated carbocycles. The molecule has 27 heavy (non-hydrogen) atoms. The minimum Gasteiger partial charge on any atom is -0.375 e. The molecule has 1 fully saturated rings. The van der Waals surface area contributed by atoms with Gasteiger partial charge in [0.15, 0.2) is 6.23 Å². The summed E-state index contributed by atoms with van der Waals surface area (Å²) in [5.41, 5.74) is 5.27. The third kappa shape index (κ3) is 5.04. The molecule has 3 N–H and O–H groups in total. The lowest BCUT2D eigenvalue weighted by atomic mass is 10.1. The van der Waals surface area contributed by atoms with Gasteiger partial charge in [0, 0.05) is 31.5 Å². The quantitative estimate of drug-likeness (QED) is 0.620. The molecule has 0 bridgehead atoms. The zero-order chi connectivity index (χ0) is 20.3. The summed E-state index contributed by atoms with van der Waals surface area (Å²) in [7, 11) is 0.706. The first-order valence-electron chi connectivity index (χ1n) is 9.07. The Morgan fingerprint density at radius 3 is 2.48 bits per heavy atom. The summed E-state index contributed by atoms with van der Waals surface area (Å²) in [6.07, 6.45) is -0.293. The van der Waals surface area contributed by atoms with Gasteiger partial charge < -0.3 is 19.7 Å². The van der Waals surface area contributed by atoms with E-state index in [1.165, 1.54) is 23.9 Å². The third-order valence-electron chi connectivity index (χ3n) is 4.61. The van der Waals surface area contributed by atoms with Crippen molar-refractivity contribution < 1.29 is 14.0 Å². The van der Waals surface area contributed by atoms with Crippen LogP contribution in [0.25, 0.3) is 0 Å². The molecule has 1 aliphatic rings. The molecule has 0 radical (unpaired) electrons. The molecule has 9 nitrogen and oxygen atoms in total. The molecular weight excluding hydrogens is 371 g/mol. The highest BCUT2D eigenvalue weighted by atomic mass is 31.2. The van der Waals surface area contributed by atoms with Gasteiger partial charge in [-0.1, -0.05) is 0 Å². The van der Waals surface area contributed by atoms with Crippen molar-refractivity contribution in [1.29, 1.82) is 0 Å². The molecule has 0 spiro atoms. The number of hydrogen-bond donors (Lipinski definition) is 2. The number of nitrogens with two attached hydrogens (primary N) is 1. The van der Waals surface area contributed by atoms with Gasteiger partial charge >= 0.3 is 5.69 Å². The van der Waals surface area contributed by atoms with E-state index in [1.807, 2.05) is 0 Å². The number of hydrogen-bond acceptors (Lipinski definition) is 7. The fourth-order valence-electron chi connectivity index (χ4n) is 3.52. The molecule has 2 unspecified atom stereocenters. The van der Waals surface area contributed by atoms with Crippen molar-refractivity contribution in [1.82, 2.24) is 14.2 Å². The number of ether oxygens (including phenoxy) is 2. The highest BCUT2D eigenvalue weighted by Crippen LogP contribution is 2.42. The molecule has 10 heteroatoms. The summed E-state index contributed by atoms with van der Waals surface area (Å²) >= 11 is 0. The van der Waals surface area contributed by atoms with Crippen molar-refractivity contribution in [3.63, 3.8) is 0 Å². The number of aromatic nitrogens is 2. The van der Waals surface area contributed by atoms with E-state index in [-0.39, 0.29) is 0 Å². The minimum atomic E-state index is -0.815. The Bertz CT molecular complexity index is 714. The van der Waals surface area contributed by atoms with Crippen molar-refractivity contribution in [2.75, 3.05) is 20.4 Å². The minimum absolute atomic E-state index is 0.299. The van der Waals surface area contributed by atoms with Gasteiger partial charge in [-0.3, -0.25) is 19.0 Å². The van der Waals surface area contributed by atoms with Crippen molar-refractivity contribution >= 4 is 8.30 Å². The molecule has 5 atom stereocenters. The Hall–Kier alpha value is -1.09. The van der Waals surface area contributed by atoms with Gasteiger partial charge in [-0.15, -0.1) is 0 Å². The van der Waals surface area contributed by atoms with Crippen LogP contribution in [-0.4, -0.2) is 64.9 Å². The van der Waals surface area contributed by atoms with Gasteiger partial charge in [0.2, 0.25) is 0 Å². The van der Waals surface area contributed by atoms with Crippen LogP contribution in [0.2, 0.25) is 0 Å². The second-order valence-corrected chi connectivity index (χ2v) is 8.84. The normalized spacial score (nSPS) is 27.0. The molecule has 1 aromatic rings. The first-order chi connectivity index (χ1) is 12.7. The first-order valence-corrected chi connectivity index (χ1v) is 10.7. The Morgan fingerprint density at radius 2 is 1.96 bits per heavy atom. The van der Waals surface area contributed by atoms with Crippen LogP contribution in [0.1, 0.15) is 33.9 Å². The van der Waals surface area contributed by atoms with Crippen molar-refractivity contribution in [2.24, 2.45) is 5.73 Å². The van der Waals surface area contributed by atoms with E-state index in [0.29, 0.717) is 18.7 Å². The van der Waals surface area contributed by atoms with Crippen molar-refractivity contribution in [2.45, 2.75) is 64.3 Å². The summed E-state index contributed by atoms with van der Waals surface area (Å²) in [6, 6.07) is 1.52. The van der Waals surface area contributed by atoms with Crippen LogP contribution in [0.4, 0.5) is 0 Å². The van der Waals surface area contributed by atoms with Gasteiger partial charge in [0.25, 0.3) is 5.56 Å². The highest BCUT2D eigenvalue weighted by Gasteiger charge is 2.44. The van der Waals surface area contributed by atoms with E-state index >= 15 is 0 Å². The van der Waals surface area contributed by atoms with Crippen LogP contribution in [0.5, 0.6) is 0 Å². The van der Waals surface area contributed by atoms with Gasteiger partial charge in [0.1, 0.15) is 20.5 Å². The number of aromatic amines is 1. The summed E-state index contributed by atoms with van der Waals surface area (Å²) in [6.45, 7) is 10.9. The Morgan fingerprint density at radius 1 is 1.33 bits per heavy atom. The molecule has 1 saturated heterocycles. The number of rotatable bonds is 8. The Labute approximate surface area is 160 Å². The Balaban J connectivity index is 2.11. The topological polar surface area (TPSA) is 112 Å². The molecule has 0 amide bonds. The average molecular weight is 402 g/mol. The lowest BCUT2D eigenvalue weighted by Crippen LogP contribution is -2.44. The lowest BCUT2D eigenvalue weighted by Gasteiger charge is -2.35. The molecule has 0 aliphatic carbocycles. The van der Waals surface area contributed by atoms with Crippen LogP contribution in [0.15, 0.2) is 21.9 Å². The molecule has 1 aromatic heterocycles. The van der Waals surface area contributed by atoms with Gasteiger partial charge in [-0.2, -0.15) is 0 Å². The van der Waals surface area contributed by atoms with Crippen LogP contribution < -0.4 is 17.0 Å². The smallest absolute Gasteiger partial charge is 0.330 e. The number of nitrogens with one attached hydrogen (secondary N) is 1. The van der Waals surface area contributed by atoms with E-state index in [2.05, 4.69) is 44.0 Å². The van der Waals surface area contributed by atoms with Crippen molar-refractivity contribution in [3.05, 3.63) is 33.1 Å². The van der Waals surface area contributed by atoms with E-state index in [9.17, 15) is 9.59 Å². The maximum Gasteiger partial charge on any atom is 0.330 e. The summed E-state index contributed by atoms with van der Waals surface area (Å²) in [5, 5.41) is 0. The summed E-state index contributed by atoms with van der Waals surface area (Å²) < 4.78 is 21.2. The van der Waals surface area contributed by atoms with E-state index in [1.54, 1.807) is 0 Å². The predicted octanol–water partition coefficient (Wildman–Crippen LogP) is 0.853. The molecular formula is C17H31N4O5P. The molecule has 2 heterocycles. The second kappa shape index (κ2) is 9.41. The number of H-pyrrole nitrogens is 1. The maximum atomic E-state index is 12.1. The maximum absolute atomic E-state index is 12.1. The van der Waals surface area contributed by atoms with E-state index in [0.717, 1.165) is 0 Å². The zero-order valence-corrected chi connectivity index (χ0v) is 17.7. The molecule has 0 aromatic carbocycles. The molecule has 1 aliphatic heterocycles. The van der Waals surface area contributed by atoms with E-state index < -0.39 is 44.0 Å². The van der Waals surface area contributed by atoms with Gasteiger partial charge in [-0.05, 0) is 34.4 Å². The van der Waals surface area contributed by atoms with Crippen LogP contribution in [-0.2, 0) is 14.0 Å². The van der Waals surface area contributed by atoms with E-state index in [4.69, 9.17) is 19.7 Å². The highest BCUT2D eigenvalue weighted by molar-refractivity contribution is 7.49. The standard InChI is InChI=1S/C17H31N4O5P/c1-10(2)21(11(3)4)27(6)25-9-12-14(18)15(24-5)16(26-12)20-8-7-13(22)19-17(20)23/h7-8,10-12,14-16H,9,18H2,1-6H3,(H,19,22,23)/t12-,14+,15?,16-,27?/m1/s1. The molecule has 154 valence electrons. The second-order valence-electron chi connectivity index (χ2n) is 7.19. The number of methoxy groups -OCH3 is 1. The monoisotopic (exact) mass is 402 g/mol. The zero-order valence-electron chi connectivity index (χ0n) is 16.8. The number of nitrogens with zero attached hydrogens (tertiary/aromatic N) is 2. The fraction of sp³-hybridized carbons (Fsp3) is 0.765. The predicted molar refractivity (Wildman–Crippen MR) is 105 cm³/mol. The van der Waals surface area contributed by atoms with Crippen LogP contribution in [0.3, 0.4) is 0 Å². The van der Waals surface area contributed by atoms with Crippen LogP contribution >= 0.6 is 8.30 Å². The van der Waals surface area contributed by atoms with Crippen LogP contribution in [0, 0.1) is 0 Å². The Kier molecular flexibility index (Phi) is 7.73. The largest absolute Gasteiger partial charge is 0.375 e. The van der Waals surface area contributed by atoms with Gasteiger partial charge in [0.05, 0.1) is 12.6 Å². The fourth-order valence-corrected chi connectivity index (χ4v) is 5.32. The summed E-state index contributed by atoms with van der Waals surface area (Å²) in [4.78, 5) is 25.6. The van der Waals surface area contributed by atoms with Crippen molar-refractivity contribution in [3.8, 4) is 0 Å². The SMILES string of the molecule is COC1[C@@H](N)[C@@H](COP(C)N(C(C)C)C(C)C)O[C@H]1n1ccc(=O)[nH]c1=O.